The van der Waals surface area contributed by atoms with E-state index in [9.17, 15) is 4.79 Å². The van der Waals surface area contributed by atoms with Gasteiger partial charge in [-0.25, -0.2) is 0 Å². The van der Waals surface area contributed by atoms with Crippen LogP contribution in [0.3, 0.4) is 0 Å². The van der Waals surface area contributed by atoms with Crippen molar-refractivity contribution in [1.29, 1.82) is 0 Å². The molecule has 1 unspecified atom stereocenters. The summed E-state index contributed by atoms with van der Waals surface area (Å²) in [5.41, 5.74) is 3.42. The number of aryl methyl sites for hydroxylation is 1. The molecule has 0 aromatic heterocycles. The highest BCUT2D eigenvalue weighted by Gasteiger charge is 2.22. The average Bonchev–Trinajstić information content (AvgIpc) is 2.66. The molecule has 26 heavy (non-hydrogen) atoms. The van der Waals surface area contributed by atoms with Crippen LogP contribution in [0.25, 0.3) is 0 Å². The number of nitrogens with zero attached hydrogens (tertiary/aromatic N) is 1. The van der Waals surface area contributed by atoms with E-state index in [0.29, 0.717) is 18.3 Å². The highest BCUT2D eigenvalue weighted by Crippen LogP contribution is 2.25. The Morgan fingerprint density at radius 3 is 2.77 bits per heavy atom. The Morgan fingerprint density at radius 2 is 2.04 bits per heavy atom. The van der Waals surface area contributed by atoms with Crippen molar-refractivity contribution in [3.8, 4) is 0 Å². The van der Waals surface area contributed by atoms with E-state index < -0.39 is 0 Å². The van der Waals surface area contributed by atoms with Gasteiger partial charge in [0.2, 0.25) is 5.91 Å². The molecule has 2 aliphatic rings. The Morgan fingerprint density at radius 1 is 1.31 bits per heavy atom. The van der Waals surface area contributed by atoms with Gasteiger partial charge in [0.05, 0.1) is 0 Å². The maximum absolute atomic E-state index is 12.6. The summed E-state index contributed by atoms with van der Waals surface area (Å²) in [4.78, 5) is 15.1. The molecule has 5 heteroatoms. The summed E-state index contributed by atoms with van der Waals surface area (Å²) in [6.07, 6.45) is 3.01. The van der Waals surface area contributed by atoms with Gasteiger partial charge in [0.15, 0.2) is 0 Å². The number of rotatable bonds is 6. The van der Waals surface area contributed by atoms with Crippen molar-refractivity contribution in [3.05, 3.63) is 29.3 Å². The third-order valence-corrected chi connectivity index (χ3v) is 6.72. The van der Waals surface area contributed by atoms with Gasteiger partial charge in [0, 0.05) is 43.2 Å². The minimum atomic E-state index is 0.158. The molecule has 1 aromatic carbocycles. The molecule has 2 fully saturated rings. The minimum absolute atomic E-state index is 0.158. The molecular formula is C21H33N3OS. The van der Waals surface area contributed by atoms with Crippen LogP contribution in [0.5, 0.6) is 0 Å². The molecule has 0 radical (unpaired) electrons. The number of piperidine rings is 1. The average molecular weight is 376 g/mol. The van der Waals surface area contributed by atoms with E-state index in [4.69, 9.17) is 0 Å². The Labute approximate surface area is 162 Å². The monoisotopic (exact) mass is 375 g/mol. The van der Waals surface area contributed by atoms with Crippen LogP contribution in [0.1, 0.15) is 37.3 Å². The van der Waals surface area contributed by atoms with E-state index in [-0.39, 0.29) is 5.91 Å². The lowest BCUT2D eigenvalue weighted by atomic mass is 9.84. The lowest BCUT2D eigenvalue weighted by Gasteiger charge is -2.28. The molecule has 1 atom stereocenters. The Bertz CT molecular complexity index is 595. The third kappa shape index (κ3) is 5.73. The quantitative estimate of drug-likeness (QED) is 0.799. The maximum Gasteiger partial charge on any atom is 0.224 e. The van der Waals surface area contributed by atoms with Gasteiger partial charge in [-0.15, -0.1) is 0 Å². The SMILES string of the molecule is Cc1ccc(CN2CCSCC2)cc1NC(=O)CC(C)C1CCNCC1. The van der Waals surface area contributed by atoms with Crippen molar-refractivity contribution in [2.75, 3.05) is 43.0 Å². The predicted octanol–water partition coefficient (Wildman–Crippen LogP) is 3.51. The van der Waals surface area contributed by atoms with Crippen molar-refractivity contribution < 1.29 is 4.79 Å². The number of hydrogen-bond acceptors (Lipinski definition) is 4. The summed E-state index contributed by atoms with van der Waals surface area (Å²) in [7, 11) is 0. The zero-order valence-corrected chi connectivity index (χ0v) is 17.0. The van der Waals surface area contributed by atoms with Gasteiger partial charge < -0.3 is 10.6 Å². The van der Waals surface area contributed by atoms with Crippen molar-refractivity contribution in [1.82, 2.24) is 10.2 Å². The summed E-state index contributed by atoms with van der Waals surface area (Å²) < 4.78 is 0. The highest BCUT2D eigenvalue weighted by molar-refractivity contribution is 7.99. The van der Waals surface area contributed by atoms with E-state index in [1.807, 2.05) is 11.8 Å². The predicted molar refractivity (Wildman–Crippen MR) is 112 cm³/mol. The number of benzene rings is 1. The molecule has 2 aliphatic heterocycles. The lowest BCUT2D eigenvalue weighted by molar-refractivity contribution is -0.117. The molecule has 144 valence electrons. The second-order valence-electron chi connectivity index (χ2n) is 7.85. The summed E-state index contributed by atoms with van der Waals surface area (Å²) >= 11 is 2.04. The van der Waals surface area contributed by atoms with Crippen LogP contribution in [0.4, 0.5) is 5.69 Å². The number of hydrogen-bond donors (Lipinski definition) is 2. The normalized spacial score (nSPS) is 20.7. The first-order chi connectivity index (χ1) is 12.6. The van der Waals surface area contributed by atoms with Gasteiger partial charge in [-0.3, -0.25) is 9.69 Å². The van der Waals surface area contributed by atoms with Crippen molar-refractivity contribution in [3.63, 3.8) is 0 Å². The number of nitrogens with one attached hydrogen (secondary N) is 2. The minimum Gasteiger partial charge on any atom is -0.326 e. The van der Waals surface area contributed by atoms with E-state index in [0.717, 1.165) is 44.0 Å². The van der Waals surface area contributed by atoms with E-state index in [2.05, 4.69) is 47.6 Å². The van der Waals surface area contributed by atoms with Gasteiger partial charge in [0.25, 0.3) is 0 Å². The van der Waals surface area contributed by atoms with Crippen molar-refractivity contribution in [2.45, 2.75) is 39.7 Å². The van der Waals surface area contributed by atoms with Crippen LogP contribution in [0.15, 0.2) is 18.2 Å². The van der Waals surface area contributed by atoms with E-state index >= 15 is 0 Å². The highest BCUT2D eigenvalue weighted by atomic mass is 32.2. The smallest absolute Gasteiger partial charge is 0.224 e. The molecular weight excluding hydrogens is 342 g/mol. The molecule has 4 nitrogen and oxygen atoms in total. The molecule has 3 rings (SSSR count). The van der Waals surface area contributed by atoms with Gasteiger partial charge in [-0.2, -0.15) is 11.8 Å². The molecule has 1 amide bonds. The third-order valence-electron chi connectivity index (χ3n) is 5.78. The van der Waals surface area contributed by atoms with Crippen LogP contribution >= 0.6 is 11.8 Å². The first-order valence-electron chi connectivity index (χ1n) is 10.0. The van der Waals surface area contributed by atoms with Gasteiger partial charge in [-0.05, 0) is 61.9 Å². The van der Waals surface area contributed by atoms with E-state index in [1.165, 1.54) is 29.9 Å². The zero-order chi connectivity index (χ0) is 18.4. The standard InChI is InChI=1S/C21H33N3OS/c1-16-3-4-18(15-24-9-11-26-12-10-24)14-20(16)23-21(25)13-17(2)19-5-7-22-8-6-19/h3-4,14,17,19,22H,5-13,15H2,1-2H3,(H,23,25). The Kier molecular flexibility index (Phi) is 7.41. The summed E-state index contributed by atoms with van der Waals surface area (Å²) in [5, 5.41) is 6.58. The Hall–Kier alpha value is -1.04. The fraction of sp³-hybridized carbons (Fsp3) is 0.667. The second-order valence-corrected chi connectivity index (χ2v) is 9.08. The number of amides is 1. The van der Waals surface area contributed by atoms with Crippen LogP contribution in [0, 0.1) is 18.8 Å². The number of thioether (sulfide) groups is 1. The van der Waals surface area contributed by atoms with E-state index in [1.54, 1.807) is 0 Å². The van der Waals surface area contributed by atoms with Crippen LogP contribution in [-0.4, -0.2) is 48.5 Å². The summed E-state index contributed by atoms with van der Waals surface area (Å²) in [6, 6.07) is 6.51. The first kappa shape index (κ1) is 19.7. The maximum atomic E-state index is 12.6. The molecule has 2 heterocycles. The fourth-order valence-electron chi connectivity index (χ4n) is 3.99. The zero-order valence-electron chi connectivity index (χ0n) is 16.2. The van der Waals surface area contributed by atoms with Crippen molar-refractivity contribution in [2.24, 2.45) is 11.8 Å². The second kappa shape index (κ2) is 9.77. The lowest BCUT2D eigenvalue weighted by Crippen LogP contribution is -2.32. The molecule has 2 saturated heterocycles. The van der Waals surface area contributed by atoms with Crippen LogP contribution in [-0.2, 0) is 11.3 Å². The van der Waals surface area contributed by atoms with Gasteiger partial charge in [0.1, 0.15) is 0 Å². The molecule has 2 N–H and O–H groups in total. The fourth-order valence-corrected chi connectivity index (χ4v) is 4.97. The molecule has 1 aromatic rings. The number of anilines is 1. The molecule has 0 bridgehead atoms. The molecule has 0 spiro atoms. The van der Waals surface area contributed by atoms with Gasteiger partial charge in [-0.1, -0.05) is 19.1 Å². The topological polar surface area (TPSA) is 44.4 Å². The Balaban J connectivity index is 1.55. The summed E-state index contributed by atoms with van der Waals surface area (Å²) in [6.45, 7) is 9.79. The van der Waals surface area contributed by atoms with Crippen molar-refractivity contribution >= 4 is 23.4 Å². The van der Waals surface area contributed by atoms with Crippen LogP contribution < -0.4 is 10.6 Å². The molecule has 0 aliphatic carbocycles. The number of carbonyl (C=O) groups is 1. The number of carbonyl (C=O) groups excluding carboxylic acids is 1. The largest absolute Gasteiger partial charge is 0.326 e. The first-order valence-corrected chi connectivity index (χ1v) is 11.2. The molecule has 0 saturated carbocycles. The summed E-state index contributed by atoms with van der Waals surface area (Å²) in [5.74, 6) is 3.73. The van der Waals surface area contributed by atoms with Gasteiger partial charge >= 0.3 is 0 Å². The van der Waals surface area contributed by atoms with Crippen LogP contribution in [0.2, 0.25) is 0 Å².